The van der Waals surface area contributed by atoms with Gasteiger partial charge in [-0.2, -0.15) is 0 Å². The molecule has 0 aliphatic heterocycles. The topological polar surface area (TPSA) is 85.1 Å². The monoisotopic (exact) mass is 379 g/mol. The van der Waals surface area contributed by atoms with Gasteiger partial charge >= 0.3 is 0 Å². The SMILES string of the molecule is Nc1ncc(S(=O)(=O)Nc2cc(Br)ccc2F)cc1Cl. The van der Waals surface area contributed by atoms with Crippen LogP contribution in [0.15, 0.2) is 39.8 Å². The fourth-order valence-electron chi connectivity index (χ4n) is 1.36. The van der Waals surface area contributed by atoms with E-state index < -0.39 is 15.8 Å². The van der Waals surface area contributed by atoms with Crippen LogP contribution in [0.1, 0.15) is 0 Å². The second-order valence-corrected chi connectivity index (χ2v) is 6.77. The van der Waals surface area contributed by atoms with Gasteiger partial charge in [0.2, 0.25) is 0 Å². The minimum atomic E-state index is -4.01. The van der Waals surface area contributed by atoms with Crippen LogP contribution in [0.25, 0.3) is 0 Å². The first-order chi connectivity index (χ1) is 9.29. The number of hydrogen-bond donors (Lipinski definition) is 2. The molecule has 0 aliphatic rings. The van der Waals surface area contributed by atoms with Gasteiger partial charge in [-0.1, -0.05) is 27.5 Å². The summed E-state index contributed by atoms with van der Waals surface area (Å²) >= 11 is 8.85. The van der Waals surface area contributed by atoms with Gasteiger partial charge in [0.25, 0.3) is 10.0 Å². The lowest BCUT2D eigenvalue weighted by Gasteiger charge is -2.09. The summed E-state index contributed by atoms with van der Waals surface area (Å²) in [5, 5.41) is 0.00240. The van der Waals surface area contributed by atoms with Gasteiger partial charge in [0.15, 0.2) is 0 Å². The summed E-state index contributed by atoms with van der Waals surface area (Å²) in [5.41, 5.74) is 5.22. The van der Waals surface area contributed by atoms with Crippen LogP contribution in [0.5, 0.6) is 0 Å². The zero-order chi connectivity index (χ0) is 14.9. The molecule has 1 heterocycles. The van der Waals surface area contributed by atoms with Crippen molar-refractivity contribution < 1.29 is 12.8 Å². The van der Waals surface area contributed by atoms with Crippen molar-refractivity contribution in [3.63, 3.8) is 0 Å². The summed E-state index contributed by atoms with van der Waals surface area (Å²) in [6.45, 7) is 0. The third kappa shape index (κ3) is 3.20. The van der Waals surface area contributed by atoms with Crippen LogP contribution in [0.3, 0.4) is 0 Å². The maximum atomic E-state index is 13.5. The van der Waals surface area contributed by atoms with Crippen LogP contribution < -0.4 is 10.5 Å². The number of aromatic nitrogens is 1. The molecule has 9 heteroatoms. The van der Waals surface area contributed by atoms with E-state index in [0.29, 0.717) is 4.47 Å². The zero-order valence-corrected chi connectivity index (χ0v) is 12.9. The highest BCUT2D eigenvalue weighted by atomic mass is 79.9. The summed E-state index contributed by atoms with van der Waals surface area (Å²) in [7, 11) is -4.01. The number of hydrogen-bond acceptors (Lipinski definition) is 4. The van der Waals surface area contributed by atoms with E-state index in [-0.39, 0.29) is 21.4 Å². The Bertz CT molecular complexity index is 770. The molecule has 1 aromatic heterocycles. The van der Waals surface area contributed by atoms with Gasteiger partial charge in [0, 0.05) is 10.7 Å². The van der Waals surface area contributed by atoms with Crippen LogP contribution in [-0.2, 0) is 10.0 Å². The summed E-state index contributed by atoms with van der Waals surface area (Å²) in [5.74, 6) is -0.689. The Morgan fingerprint density at radius 2 is 2.05 bits per heavy atom. The second kappa shape index (κ2) is 5.55. The number of sulfonamides is 1. The van der Waals surface area contributed by atoms with Crippen molar-refractivity contribution >= 4 is 49.1 Å². The summed E-state index contributed by atoms with van der Waals surface area (Å²) < 4.78 is 40.4. The maximum absolute atomic E-state index is 13.5. The number of nitrogens with one attached hydrogen (secondary N) is 1. The minimum absolute atomic E-state index is 0.00240. The van der Waals surface area contributed by atoms with Crippen molar-refractivity contribution in [3.8, 4) is 0 Å². The number of nitrogens with zero attached hydrogens (tertiary/aromatic N) is 1. The van der Waals surface area contributed by atoms with Crippen LogP contribution in [-0.4, -0.2) is 13.4 Å². The fourth-order valence-corrected chi connectivity index (χ4v) is 2.98. The molecule has 3 N–H and O–H groups in total. The molecular formula is C11H8BrClFN3O2S. The molecule has 0 fully saturated rings. The van der Waals surface area contributed by atoms with E-state index in [2.05, 4.69) is 25.6 Å². The lowest BCUT2D eigenvalue weighted by molar-refractivity contribution is 0.598. The molecule has 5 nitrogen and oxygen atoms in total. The van der Waals surface area contributed by atoms with Crippen molar-refractivity contribution in [2.75, 3.05) is 10.5 Å². The highest BCUT2D eigenvalue weighted by Gasteiger charge is 2.18. The predicted molar refractivity (Wildman–Crippen MR) is 78.6 cm³/mol. The number of benzene rings is 1. The van der Waals surface area contributed by atoms with E-state index in [0.717, 1.165) is 18.3 Å². The highest BCUT2D eigenvalue weighted by Crippen LogP contribution is 2.25. The minimum Gasteiger partial charge on any atom is -0.382 e. The first-order valence-electron chi connectivity index (χ1n) is 5.18. The Balaban J connectivity index is 2.40. The van der Waals surface area contributed by atoms with Gasteiger partial charge in [0.1, 0.15) is 16.5 Å². The lowest BCUT2D eigenvalue weighted by atomic mass is 10.3. The number of anilines is 2. The standard InChI is InChI=1S/C11H8BrClFN3O2S/c12-6-1-2-9(14)10(3-6)17-20(18,19)7-4-8(13)11(15)16-5-7/h1-5,17H,(H2,15,16). The first kappa shape index (κ1) is 15.0. The molecule has 2 aromatic rings. The van der Waals surface area contributed by atoms with Crippen molar-refractivity contribution in [3.05, 3.63) is 45.8 Å². The van der Waals surface area contributed by atoms with E-state index >= 15 is 0 Å². The van der Waals surface area contributed by atoms with Crippen molar-refractivity contribution in [2.24, 2.45) is 0 Å². The molecule has 0 atom stereocenters. The molecule has 0 bridgehead atoms. The second-order valence-electron chi connectivity index (χ2n) is 3.77. The molecule has 106 valence electrons. The summed E-state index contributed by atoms with van der Waals surface area (Å²) in [6.07, 6.45) is 1.04. The smallest absolute Gasteiger partial charge is 0.263 e. The summed E-state index contributed by atoms with van der Waals surface area (Å²) in [4.78, 5) is 3.44. The molecule has 0 radical (unpaired) electrons. The van der Waals surface area contributed by atoms with Gasteiger partial charge in [-0.25, -0.2) is 17.8 Å². The Morgan fingerprint density at radius 3 is 2.70 bits per heavy atom. The van der Waals surface area contributed by atoms with Crippen LogP contribution in [0.2, 0.25) is 5.02 Å². The molecular weight excluding hydrogens is 373 g/mol. The zero-order valence-electron chi connectivity index (χ0n) is 9.77. The molecule has 0 saturated heterocycles. The average Bonchev–Trinajstić information content (AvgIpc) is 2.36. The Kier molecular flexibility index (Phi) is 4.17. The molecule has 1 aromatic carbocycles. The molecule has 0 spiro atoms. The maximum Gasteiger partial charge on any atom is 0.263 e. The number of pyridine rings is 1. The number of rotatable bonds is 3. The average molecular weight is 381 g/mol. The molecule has 0 aliphatic carbocycles. The van der Waals surface area contributed by atoms with Crippen LogP contribution >= 0.6 is 27.5 Å². The number of nitrogen functional groups attached to an aromatic ring is 1. The third-order valence-corrected chi connectivity index (χ3v) is 4.46. The Morgan fingerprint density at radius 1 is 1.35 bits per heavy atom. The van der Waals surface area contributed by atoms with Crippen LogP contribution in [0, 0.1) is 5.82 Å². The van der Waals surface area contributed by atoms with E-state index in [9.17, 15) is 12.8 Å². The van der Waals surface area contributed by atoms with Crippen molar-refractivity contribution in [1.82, 2.24) is 4.98 Å². The molecule has 20 heavy (non-hydrogen) atoms. The molecule has 0 unspecified atom stereocenters. The van der Waals surface area contributed by atoms with E-state index in [1.165, 1.54) is 12.1 Å². The van der Waals surface area contributed by atoms with E-state index in [1.807, 2.05) is 0 Å². The normalized spacial score (nSPS) is 11.3. The summed E-state index contributed by atoms with van der Waals surface area (Å²) in [6, 6.07) is 5.03. The number of halogens is 3. The van der Waals surface area contributed by atoms with Crippen molar-refractivity contribution in [1.29, 1.82) is 0 Å². The highest BCUT2D eigenvalue weighted by molar-refractivity contribution is 9.10. The van der Waals surface area contributed by atoms with Gasteiger partial charge in [-0.3, -0.25) is 4.72 Å². The van der Waals surface area contributed by atoms with Gasteiger partial charge in [-0.15, -0.1) is 0 Å². The predicted octanol–water partition coefficient (Wildman–Crippen LogP) is 3.02. The molecule has 0 amide bonds. The fraction of sp³-hybridized carbons (Fsp3) is 0. The molecule has 0 saturated carbocycles. The Hall–Kier alpha value is -1.38. The van der Waals surface area contributed by atoms with Gasteiger partial charge in [-0.05, 0) is 24.3 Å². The first-order valence-corrected chi connectivity index (χ1v) is 7.84. The third-order valence-electron chi connectivity index (χ3n) is 2.33. The molecule has 2 rings (SSSR count). The van der Waals surface area contributed by atoms with E-state index in [4.69, 9.17) is 17.3 Å². The van der Waals surface area contributed by atoms with E-state index in [1.54, 1.807) is 0 Å². The lowest BCUT2D eigenvalue weighted by Crippen LogP contribution is -2.14. The largest absolute Gasteiger partial charge is 0.382 e. The van der Waals surface area contributed by atoms with Crippen LogP contribution in [0.4, 0.5) is 15.9 Å². The Labute approximate surface area is 128 Å². The van der Waals surface area contributed by atoms with Gasteiger partial charge < -0.3 is 5.73 Å². The number of nitrogens with two attached hydrogens (primary N) is 1. The van der Waals surface area contributed by atoms with Crippen molar-refractivity contribution in [2.45, 2.75) is 4.90 Å². The quantitative estimate of drug-likeness (QED) is 0.857. The van der Waals surface area contributed by atoms with Gasteiger partial charge in [0.05, 0.1) is 10.7 Å².